The van der Waals surface area contributed by atoms with Crippen molar-refractivity contribution in [2.24, 2.45) is 0 Å². The average molecular weight is 327 g/mol. The predicted octanol–water partition coefficient (Wildman–Crippen LogP) is 3.72. The highest BCUT2D eigenvalue weighted by Gasteiger charge is 2.07. The maximum atomic E-state index is 11.9. The number of nitrogens with two attached hydrogens (primary N) is 1. The van der Waals surface area contributed by atoms with Crippen LogP contribution in [0.15, 0.2) is 35.7 Å². The number of carbonyl (C=O) groups is 1. The van der Waals surface area contributed by atoms with Gasteiger partial charge in [-0.1, -0.05) is 6.07 Å². The highest BCUT2D eigenvalue weighted by molar-refractivity contribution is 7.09. The molecule has 0 bridgehead atoms. The molecule has 2 rings (SSSR count). The molecule has 1 heterocycles. The van der Waals surface area contributed by atoms with Crippen LogP contribution in [-0.2, 0) is 11.2 Å². The van der Waals surface area contributed by atoms with Gasteiger partial charge in [-0.15, -0.1) is 23.7 Å². The molecule has 3 N–H and O–H groups in total. The minimum atomic E-state index is -0.0264. The van der Waals surface area contributed by atoms with E-state index < -0.39 is 0 Å². The third kappa shape index (κ3) is 5.28. The topological polar surface area (TPSA) is 64.3 Å². The Hall–Kier alpha value is -1.72. The van der Waals surface area contributed by atoms with Crippen LogP contribution in [0.1, 0.15) is 17.7 Å². The van der Waals surface area contributed by atoms with E-state index in [0.717, 1.165) is 12.8 Å². The Kier molecular flexibility index (Phi) is 7.05. The molecule has 21 heavy (non-hydrogen) atoms. The molecule has 0 atom stereocenters. The lowest BCUT2D eigenvalue weighted by Gasteiger charge is -2.09. The number of hydrogen-bond donors (Lipinski definition) is 2. The summed E-state index contributed by atoms with van der Waals surface area (Å²) in [5.74, 6) is 0.648. The van der Waals surface area contributed by atoms with E-state index in [1.807, 2.05) is 11.4 Å². The minimum Gasteiger partial charge on any atom is -0.497 e. The van der Waals surface area contributed by atoms with Gasteiger partial charge >= 0.3 is 0 Å². The zero-order valence-electron chi connectivity index (χ0n) is 11.8. The first kappa shape index (κ1) is 17.3. The first-order valence-electron chi connectivity index (χ1n) is 6.45. The molecule has 0 saturated carbocycles. The number of halogens is 1. The van der Waals surface area contributed by atoms with Crippen molar-refractivity contribution >= 4 is 41.0 Å². The molecule has 0 saturated heterocycles. The van der Waals surface area contributed by atoms with Crippen LogP contribution in [0.5, 0.6) is 5.75 Å². The van der Waals surface area contributed by atoms with Gasteiger partial charge in [-0.3, -0.25) is 4.79 Å². The summed E-state index contributed by atoms with van der Waals surface area (Å²) in [6.07, 6.45) is 2.24. The van der Waals surface area contributed by atoms with E-state index in [0.29, 0.717) is 23.5 Å². The lowest BCUT2D eigenvalue weighted by atomic mass is 10.2. The first-order valence-corrected chi connectivity index (χ1v) is 7.33. The predicted molar refractivity (Wildman–Crippen MR) is 90.5 cm³/mol. The van der Waals surface area contributed by atoms with Crippen LogP contribution in [0.3, 0.4) is 0 Å². The van der Waals surface area contributed by atoms with Crippen molar-refractivity contribution in [2.75, 3.05) is 18.2 Å². The Morgan fingerprint density at radius 2 is 2.19 bits per heavy atom. The zero-order chi connectivity index (χ0) is 14.4. The summed E-state index contributed by atoms with van der Waals surface area (Å²) < 4.78 is 5.12. The number of benzene rings is 1. The molecule has 6 heteroatoms. The quantitative estimate of drug-likeness (QED) is 0.795. The fourth-order valence-corrected chi connectivity index (χ4v) is 2.61. The van der Waals surface area contributed by atoms with Crippen LogP contribution in [0.4, 0.5) is 11.4 Å². The second-order valence-corrected chi connectivity index (χ2v) is 5.47. The van der Waals surface area contributed by atoms with Gasteiger partial charge in [-0.2, -0.15) is 0 Å². The van der Waals surface area contributed by atoms with Crippen molar-refractivity contribution in [2.45, 2.75) is 19.3 Å². The summed E-state index contributed by atoms with van der Waals surface area (Å²) in [6.45, 7) is 0. The normalized spacial score (nSPS) is 9.76. The van der Waals surface area contributed by atoms with Gasteiger partial charge in [0.05, 0.1) is 18.5 Å². The molecular weight excluding hydrogens is 308 g/mol. The number of methoxy groups -OCH3 is 1. The number of ether oxygens (including phenoxy) is 1. The molecule has 114 valence electrons. The molecule has 1 amide bonds. The molecule has 1 aromatic carbocycles. The van der Waals surface area contributed by atoms with Crippen LogP contribution in [0.25, 0.3) is 0 Å². The van der Waals surface area contributed by atoms with Crippen LogP contribution in [-0.4, -0.2) is 13.0 Å². The number of amides is 1. The van der Waals surface area contributed by atoms with Crippen molar-refractivity contribution in [3.8, 4) is 5.75 Å². The van der Waals surface area contributed by atoms with Crippen molar-refractivity contribution in [3.63, 3.8) is 0 Å². The maximum absolute atomic E-state index is 11.9. The van der Waals surface area contributed by atoms with Gasteiger partial charge in [0.25, 0.3) is 0 Å². The molecule has 1 aromatic heterocycles. The Morgan fingerprint density at radius 3 is 2.86 bits per heavy atom. The molecule has 0 radical (unpaired) electrons. The number of carbonyl (C=O) groups excluding carboxylic acids is 1. The first-order chi connectivity index (χ1) is 9.69. The Morgan fingerprint density at radius 1 is 1.38 bits per heavy atom. The Bertz CT molecular complexity index is 573. The molecule has 4 nitrogen and oxygen atoms in total. The third-order valence-electron chi connectivity index (χ3n) is 2.94. The fourth-order valence-electron chi connectivity index (χ4n) is 1.86. The van der Waals surface area contributed by atoms with Crippen LogP contribution in [0.2, 0.25) is 0 Å². The number of hydrogen-bond acceptors (Lipinski definition) is 4. The van der Waals surface area contributed by atoms with Crippen molar-refractivity contribution < 1.29 is 9.53 Å². The van der Waals surface area contributed by atoms with Crippen LogP contribution in [0, 0.1) is 0 Å². The molecule has 0 spiro atoms. The van der Waals surface area contributed by atoms with E-state index in [9.17, 15) is 4.79 Å². The summed E-state index contributed by atoms with van der Waals surface area (Å²) in [7, 11) is 1.58. The van der Waals surface area contributed by atoms with Gasteiger partial charge in [0.1, 0.15) is 5.75 Å². The van der Waals surface area contributed by atoms with Gasteiger partial charge in [0.2, 0.25) is 5.91 Å². The molecule has 0 fully saturated rings. The second-order valence-electron chi connectivity index (χ2n) is 4.43. The molecule has 0 aliphatic heterocycles. The second kappa shape index (κ2) is 8.54. The maximum Gasteiger partial charge on any atom is 0.224 e. The highest BCUT2D eigenvalue weighted by atomic mass is 35.5. The van der Waals surface area contributed by atoms with E-state index >= 15 is 0 Å². The van der Waals surface area contributed by atoms with Crippen molar-refractivity contribution in [1.29, 1.82) is 0 Å². The standard InChI is InChI=1S/C15H18N2O2S.ClH/c1-19-11-7-8-13(16)14(10-11)17-15(18)6-2-4-12-5-3-9-20-12;/h3,5,7-10H,2,4,6,16H2,1H3,(H,17,18);1H. The lowest BCUT2D eigenvalue weighted by Crippen LogP contribution is -2.12. The Balaban J connectivity index is 0.00000220. The number of aryl methyl sites for hydroxylation is 1. The van der Waals surface area contributed by atoms with Crippen LogP contribution < -0.4 is 15.8 Å². The van der Waals surface area contributed by atoms with E-state index in [1.165, 1.54) is 4.88 Å². The van der Waals surface area contributed by atoms with E-state index in [2.05, 4.69) is 11.4 Å². The average Bonchev–Trinajstić information content (AvgIpc) is 2.94. The van der Waals surface area contributed by atoms with Crippen LogP contribution >= 0.6 is 23.7 Å². The van der Waals surface area contributed by atoms with Crippen molar-refractivity contribution in [1.82, 2.24) is 0 Å². The smallest absolute Gasteiger partial charge is 0.224 e. The summed E-state index contributed by atoms with van der Waals surface area (Å²) in [6, 6.07) is 9.33. The van der Waals surface area contributed by atoms with Gasteiger partial charge in [-0.25, -0.2) is 0 Å². The fraction of sp³-hybridized carbons (Fsp3) is 0.267. The third-order valence-corrected chi connectivity index (χ3v) is 3.88. The van der Waals surface area contributed by atoms with Gasteiger partial charge in [-0.05, 0) is 36.4 Å². The number of anilines is 2. The van der Waals surface area contributed by atoms with E-state index in [1.54, 1.807) is 36.6 Å². The minimum absolute atomic E-state index is 0. The summed E-state index contributed by atoms with van der Waals surface area (Å²) in [5.41, 5.74) is 6.97. The van der Waals surface area contributed by atoms with E-state index in [-0.39, 0.29) is 18.3 Å². The molecule has 0 unspecified atom stereocenters. The van der Waals surface area contributed by atoms with Crippen molar-refractivity contribution in [3.05, 3.63) is 40.6 Å². The SMILES string of the molecule is COc1ccc(N)c(NC(=O)CCCc2cccs2)c1.Cl. The largest absolute Gasteiger partial charge is 0.497 e. The number of rotatable bonds is 6. The van der Waals surface area contributed by atoms with Gasteiger partial charge < -0.3 is 15.8 Å². The molecular formula is C15H19ClN2O2S. The zero-order valence-corrected chi connectivity index (χ0v) is 13.4. The summed E-state index contributed by atoms with van der Waals surface area (Å²) in [4.78, 5) is 13.2. The summed E-state index contributed by atoms with van der Waals surface area (Å²) >= 11 is 1.72. The number of nitrogen functional groups attached to an aromatic ring is 1. The van der Waals surface area contributed by atoms with E-state index in [4.69, 9.17) is 10.5 Å². The highest BCUT2D eigenvalue weighted by Crippen LogP contribution is 2.24. The number of thiophene rings is 1. The van der Waals surface area contributed by atoms with Gasteiger partial charge in [0.15, 0.2) is 0 Å². The molecule has 2 aromatic rings. The summed E-state index contributed by atoms with van der Waals surface area (Å²) in [5, 5.41) is 4.87. The molecule has 0 aliphatic rings. The molecule has 0 aliphatic carbocycles. The van der Waals surface area contributed by atoms with Gasteiger partial charge in [0, 0.05) is 17.4 Å². The lowest BCUT2D eigenvalue weighted by molar-refractivity contribution is -0.116. The number of nitrogens with one attached hydrogen (secondary N) is 1. The monoisotopic (exact) mass is 326 g/mol. The Labute approximate surface area is 134 Å².